The molecule has 0 radical (unpaired) electrons. The number of benzene rings is 2. The van der Waals surface area contributed by atoms with Crippen LogP contribution in [-0.4, -0.2) is 31.2 Å². The summed E-state index contributed by atoms with van der Waals surface area (Å²) >= 11 is 5.84. The van der Waals surface area contributed by atoms with E-state index in [-0.39, 0.29) is 23.4 Å². The van der Waals surface area contributed by atoms with Gasteiger partial charge < -0.3 is 5.32 Å². The van der Waals surface area contributed by atoms with Crippen LogP contribution in [-0.2, 0) is 16.6 Å². The maximum Gasteiger partial charge on any atom is 0.251 e. The van der Waals surface area contributed by atoms with Gasteiger partial charge in [-0.1, -0.05) is 30.7 Å². The third kappa shape index (κ3) is 5.06. The van der Waals surface area contributed by atoms with Gasteiger partial charge in [-0.2, -0.15) is 4.31 Å². The highest BCUT2D eigenvalue weighted by Gasteiger charge is 2.23. The maximum atomic E-state index is 12.8. The first-order chi connectivity index (χ1) is 12.2. The predicted octanol–water partition coefficient (Wildman–Crippen LogP) is 3.69. The van der Waals surface area contributed by atoms with Gasteiger partial charge in [0.15, 0.2) is 0 Å². The number of sulfonamides is 1. The fraction of sp³-hybridized carbons (Fsp3) is 0.316. The molecule has 0 aliphatic heterocycles. The molecule has 0 aliphatic rings. The van der Waals surface area contributed by atoms with Crippen molar-refractivity contribution in [1.29, 1.82) is 0 Å². The molecule has 0 aromatic heterocycles. The molecule has 26 heavy (non-hydrogen) atoms. The van der Waals surface area contributed by atoms with Crippen LogP contribution in [0.3, 0.4) is 0 Å². The standard InChI is InChI=1S/C19H23ClN2O3S/c1-4-22(26(24,25)18-11-9-17(20)10-12-18)13-15-5-7-16(8-6-15)19(23)21-14(2)3/h5-12,14H,4,13H2,1-3H3,(H,21,23). The summed E-state index contributed by atoms with van der Waals surface area (Å²) in [6, 6.07) is 13.1. The van der Waals surface area contributed by atoms with E-state index in [9.17, 15) is 13.2 Å². The van der Waals surface area contributed by atoms with Crippen molar-refractivity contribution in [3.63, 3.8) is 0 Å². The van der Waals surface area contributed by atoms with Gasteiger partial charge >= 0.3 is 0 Å². The minimum absolute atomic E-state index is 0.0577. The van der Waals surface area contributed by atoms with Crippen LogP contribution in [0.2, 0.25) is 5.02 Å². The molecule has 0 bridgehead atoms. The van der Waals surface area contributed by atoms with E-state index in [0.717, 1.165) is 5.56 Å². The van der Waals surface area contributed by atoms with Crippen molar-refractivity contribution in [1.82, 2.24) is 9.62 Å². The third-order valence-corrected chi connectivity index (χ3v) is 5.99. The van der Waals surface area contributed by atoms with Crippen LogP contribution in [0.25, 0.3) is 0 Å². The second kappa shape index (κ2) is 8.66. The van der Waals surface area contributed by atoms with E-state index >= 15 is 0 Å². The van der Waals surface area contributed by atoms with Crippen molar-refractivity contribution in [2.24, 2.45) is 0 Å². The summed E-state index contributed by atoms with van der Waals surface area (Å²) in [5, 5.41) is 3.31. The normalized spacial score (nSPS) is 11.8. The Labute approximate surface area is 160 Å². The molecule has 0 fully saturated rings. The fourth-order valence-corrected chi connectivity index (χ4v) is 4.00. The lowest BCUT2D eigenvalue weighted by atomic mass is 10.1. The molecule has 1 amide bonds. The van der Waals surface area contributed by atoms with Crippen molar-refractivity contribution in [3.05, 3.63) is 64.7 Å². The van der Waals surface area contributed by atoms with Crippen LogP contribution in [0, 0.1) is 0 Å². The molecule has 7 heteroatoms. The van der Waals surface area contributed by atoms with Gasteiger partial charge in [0.05, 0.1) is 4.90 Å². The topological polar surface area (TPSA) is 66.5 Å². The number of nitrogens with one attached hydrogen (secondary N) is 1. The highest BCUT2D eigenvalue weighted by molar-refractivity contribution is 7.89. The van der Waals surface area contributed by atoms with Gasteiger partial charge in [0.25, 0.3) is 5.91 Å². The Balaban J connectivity index is 2.17. The molecule has 2 aromatic carbocycles. The van der Waals surface area contributed by atoms with E-state index in [2.05, 4.69) is 5.32 Å². The molecule has 5 nitrogen and oxygen atoms in total. The molecule has 0 saturated heterocycles. The number of rotatable bonds is 7. The van der Waals surface area contributed by atoms with Crippen molar-refractivity contribution >= 4 is 27.5 Å². The fourth-order valence-electron chi connectivity index (χ4n) is 2.43. The molecule has 0 heterocycles. The third-order valence-electron chi connectivity index (χ3n) is 3.80. The zero-order valence-electron chi connectivity index (χ0n) is 15.1. The summed E-state index contributed by atoms with van der Waals surface area (Å²) in [5.41, 5.74) is 1.36. The average Bonchev–Trinajstić information content (AvgIpc) is 2.59. The lowest BCUT2D eigenvalue weighted by Gasteiger charge is -2.21. The van der Waals surface area contributed by atoms with Gasteiger partial charge in [-0.25, -0.2) is 8.42 Å². The predicted molar refractivity (Wildman–Crippen MR) is 104 cm³/mol. The van der Waals surface area contributed by atoms with Crippen molar-refractivity contribution in [2.75, 3.05) is 6.54 Å². The van der Waals surface area contributed by atoms with Crippen LogP contribution >= 0.6 is 11.6 Å². The van der Waals surface area contributed by atoms with E-state index < -0.39 is 10.0 Å². The minimum atomic E-state index is -3.61. The minimum Gasteiger partial charge on any atom is -0.350 e. The summed E-state index contributed by atoms with van der Waals surface area (Å²) in [7, 11) is -3.61. The summed E-state index contributed by atoms with van der Waals surface area (Å²) in [5.74, 6) is -0.146. The van der Waals surface area contributed by atoms with Crippen LogP contribution < -0.4 is 5.32 Å². The number of halogens is 1. The van der Waals surface area contributed by atoms with E-state index in [1.165, 1.54) is 16.4 Å². The van der Waals surface area contributed by atoms with Crippen LogP contribution in [0.1, 0.15) is 36.7 Å². The first-order valence-corrected chi connectivity index (χ1v) is 10.2. The average molecular weight is 395 g/mol. The number of carbonyl (C=O) groups is 1. The van der Waals surface area contributed by atoms with Crippen LogP contribution in [0.5, 0.6) is 0 Å². The number of carbonyl (C=O) groups excluding carboxylic acids is 1. The smallest absolute Gasteiger partial charge is 0.251 e. The summed E-state index contributed by atoms with van der Waals surface area (Å²) < 4.78 is 27.0. The van der Waals surface area contributed by atoms with E-state index in [1.54, 1.807) is 43.3 Å². The Morgan fingerprint density at radius 3 is 2.15 bits per heavy atom. The number of hydrogen-bond donors (Lipinski definition) is 1. The van der Waals surface area contributed by atoms with Gasteiger partial charge in [-0.05, 0) is 55.8 Å². The second-order valence-electron chi connectivity index (χ2n) is 6.21. The van der Waals surface area contributed by atoms with E-state index in [0.29, 0.717) is 17.1 Å². The van der Waals surface area contributed by atoms with Gasteiger partial charge in [-0.15, -0.1) is 0 Å². The number of nitrogens with zero attached hydrogens (tertiary/aromatic N) is 1. The zero-order chi connectivity index (χ0) is 19.3. The Hall–Kier alpha value is -1.89. The molecular formula is C19H23ClN2O3S. The highest BCUT2D eigenvalue weighted by Crippen LogP contribution is 2.20. The largest absolute Gasteiger partial charge is 0.350 e. The quantitative estimate of drug-likeness (QED) is 0.778. The lowest BCUT2D eigenvalue weighted by molar-refractivity contribution is 0.0943. The van der Waals surface area contributed by atoms with Crippen LogP contribution in [0.4, 0.5) is 0 Å². The Morgan fingerprint density at radius 2 is 1.65 bits per heavy atom. The first kappa shape index (κ1) is 20.4. The van der Waals surface area contributed by atoms with Crippen molar-refractivity contribution < 1.29 is 13.2 Å². The molecule has 0 unspecified atom stereocenters. The van der Waals surface area contributed by atoms with Crippen LogP contribution in [0.15, 0.2) is 53.4 Å². The molecular weight excluding hydrogens is 372 g/mol. The molecule has 0 saturated carbocycles. The number of hydrogen-bond acceptors (Lipinski definition) is 3. The number of amides is 1. The van der Waals surface area contributed by atoms with E-state index in [4.69, 9.17) is 11.6 Å². The monoisotopic (exact) mass is 394 g/mol. The lowest BCUT2D eigenvalue weighted by Crippen LogP contribution is -2.31. The zero-order valence-corrected chi connectivity index (χ0v) is 16.6. The summed E-state index contributed by atoms with van der Waals surface area (Å²) in [4.78, 5) is 12.2. The SMILES string of the molecule is CCN(Cc1ccc(C(=O)NC(C)C)cc1)S(=O)(=O)c1ccc(Cl)cc1. The van der Waals surface area contributed by atoms with Gasteiger partial charge in [-0.3, -0.25) is 4.79 Å². The molecule has 140 valence electrons. The molecule has 0 aliphatic carbocycles. The highest BCUT2D eigenvalue weighted by atomic mass is 35.5. The summed E-state index contributed by atoms with van der Waals surface area (Å²) in [6.07, 6.45) is 0. The molecule has 1 N–H and O–H groups in total. The van der Waals surface area contributed by atoms with Crippen molar-refractivity contribution in [3.8, 4) is 0 Å². The molecule has 2 aromatic rings. The maximum absolute atomic E-state index is 12.8. The summed E-state index contributed by atoms with van der Waals surface area (Å²) in [6.45, 7) is 6.14. The molecule has 0 atom stereocenters. The molecule has 0 spiro atoms. The Morgan fingerprint density at radius 1 is 1.08 bits per heavy atom. The Bertz CT molecular complexity index is 847. The van der Waals surface area contributed by atoms with E-state index in [1.807, 2.05) is 13.8 Å². The second-order valence-corrected chi connectivity index (χ2v) is 8.58. The van der Waals surface area contributed by atoms with Gasteiger partial charge in [0, 0.05) is 29.7 Å². The van der Waals surface area contributed by atoms with Gasteiger partial charge in [0.1, 0.15) is 0 Å². The van der Waals surface area contributed by atoms with Crippen molar-refractivity contribution in [2.45, 2.75) is 38.3 Å². The van der Waals surface area contributed by atoms with Gasteiger partial charge in [0.2, 0.25) is 10.0 Å². The molecule has 2 rings (SSSR count). The Kier molecular flexibility index (Phi) is 6.81. The first-order valence-electron chi connectivity index (χ1n) is 8.39.